The third-order valence-corrected chi connectivity index (χ3v) is 3.17. The summed E-state index contributed by atoms with van der Waals surface area (Å²) in [5, 5.41) is 11.8. The zero-order chi connectivity index (χ0) is 16.1. The number of amides is 1. The molecule has 110 valence electrons. The van der Waals surface area contributed by atoms with Crippen molar-refractivity contribution in [2.75, 3.05) is 5.32 Å². The summed E-state index contributed by atoms with van der Waals surface area (Å²) in [5.41, 5.74) is 2.73. The lowest BCUT2D eigenvalue weighted by molar-refractivity contribution is -0.112. The summed E-state index contributed by atoms with van der Waals surface area (Å²) in [7, 11) is 0. The predicted octanol–water partition coefficient (Wildman–Crippen LogP) is 3.99. The van der Waals surface area contributed by atoms with E-state index in [1.165, 1.54) is 18.2 Å². The second-order valence-electron chi connectivity index (χ2n) is 5.00. The van der Waals surface area contributed by atoms with E-state index in [0.29, 0.717) is 16.8 Å². The van der Waals surface area contributed by atoms with Crippen LogP contribution in [-0.4, -0.2) is 5.91 Å². The Morgan fingerprint density at radius 2 is 1.86 bits per heavy atom. The smallest absolute Gasteiger partial charge is 0.266 e. The number of rotatable bonds is 3. The molecule has 4 heteroatoms. The fourth-order valence-corrected chi connectivity index (χ4v) is 1.91. The number of nitrogens with zero attached hydrogens (tertiary/aromatic N) is 1. The summed E-state index contributed by atoms with van der Waals surface area (Å²) in [4.78, 5) is 12.1. The minimum Gasteiger partial charge on any atom is -0.321 e. The molecular weight excluding hydrogens is 279 g/mol. The number of halogens is 1. The van der Waals surface area contributed by atoms with E-state index in [-0.39, 0.29) is 11.4 Å². The molecule has 0 aliphatic rings. The molecule has 0 aliphatic carbocycles. The fourth-order valence-electron chi connectivity index (χ4n) is 1.91. The summed E-state index contributed by atoms with van der Waals surface area (Å²) < 4.78 is 13.2. The van der Waals surface area contributed by atoms with Gasteiger partial charge in [-0.15, -0.1) is 0 Å². The number of carbonyl (C=O) groups excluding carboxylic acids is 1. The number of benzene rings is 2. The standard InChI is InChI=1S/C18H15FN2O/c1-12-3-6-16(7-4-12)21-18(22)15(11-20)10-14-5-8-17(19)13(2)9-14/h3-10H,1-2H3,(H,21,22)/b15-10-. The zero-order valence-corrected chi connectivity index (χ0v) is 12.4. The fraction of sp³-hybridized carbons (Fsp3) is 0.111. The SMILES string of the molecule is Cc1ccc(NC(=O)/C(C#N)=C\c2ccc(F)c(C)c2)cc1. The Hall–Kier alpha value is -2.93. The Balaban J connectivity index is 2.21. The van der Waals surface area contributed by atoms with Gasteiger partial charge in [0.2, 0.25) is 0 Å². The van der Waals surface area contributed by atoms with Crippen LogP contribution in [0.1, 0.15) is 16.7 Å². The van der Waals surface area contributed by atoms with Crippen LogP contribution in [0.25, 0.3) is 6.08 Å². The highest BCUT2D eigenvalue weighted by Gasteiger charge is 2.10. The van der Waals surface area contributed by atoms with Gasteiger partial charge in [0.05, 0.1) is 0 Å². The Labute approximate surface area is 128 Å². The van der Waals surface area contributed by atoms with E-state index in [1.807, 2.05) is 25.1 Å². The van der Waals surface area contributed by atoms with Crippen LogP contribution in [-0.2, 0) is 4.79 Å². The van der Waals surface area contributed by atoms with Gasteiger partial charge in [-0.2, -0.15) is 5.26 Å². The van der Waals surface area contributed by atoms with Crippen molar-refractivity contribution in [1.29, 1.82) is 5.26 Å². The van der Waals surface area contributed by atoms with Crippen molar-refractivity contribution in [2.24, 2.45) is 0 Å². The molecule has 0 fully saturated rings. The minimum atomic E-state index is -0.492. The van der Waals surface area contributed by atoms with E-state index in [0.717, 1.165) is 5.56 Å². The van der Waals surface area contributed by atoms with Crippen molar-refractivity contribution >= 4 is 17.7 Å². The van der Waals surface area contributed by atoms with E-state index >= 15 is 0 Å². The number of aryl methyl sites for hydroxylation is 2. The minimum absolute atomic E-state index is 0.0356. The van der Waals surface area contributed by atoms with Crippen LogP contribution < -0.4 is 5.32 Å². The van der Waals surface area contributed by atoms with Crippen molar-refractivity contribution in [3.63, 3.8) is 0 Å². The van der Waals surface area contributed by atoms with Gasteiger partial charge in [0.15, 0.2) is 0 Å². The molecule has 0 saturated carbocycles. The van der Waals surface area contributed by atoms with E-state index in [9.17, 15) is 9.18 Å². The summed E-state index contributed by atoms with van der Waals surface area (Å²) in [6.07, 6.45) is 1.44. The van der Waals surface area contributed by atoms with Gasteiger partial charge in [-0.1, -0.05) is 23.8 Å². The van der Waals surface area contributed by atoms with Crippen molar-refractivity contribution in [2.45, 2.75) is 13.8 Å². The third kappa shape index (κ3) is 3.80. The largest absolute Gasteiger partial charge is 0.321 e. The number of hydrogen-bond acceptors (Lipinski definition) is 2. The highest BCUT2D eigenvalue weighted by molar-refractivity contribution is 6.09. The topological polar surface area (TPSA) is 52.9 Å². The zero-order valence-electron chi connectivity index (χ0n) is 12.4. The number of carbonyl (C=O) groups is 1. The van der Waals surface area contributed by atoms with Crippen molar-refractivity contribution < 1.29 is 9.18 Å². The van der Waals surface area contributed by atoms with Crippen molar-refractivity contribution in [1.82, 2.24) is 0 Å². The molecule has 2 aromatic carbocycles. The van der Waals surface area contributed by atoms with Crippen LogP contribution in [0.5, 0.6) is 0 Å². The van der Waals surface area contributed by atoms with Gasteiger partial charge in [-0.25, -0.2) is 4.39 Å². The normalized spacial score (nSPS) is 10.9. The Morgan fingerprint density at radius 3 is 2.45 bits per heavy atom. The molecule has 1 amide bonds. The quantitative estimate of drug-likeness (QED) is 0.687. The summed E-state index contributed by atoms with van der Waals surface area (Å²) in [6, 6.07) is 13.6. The lowest BCUT2D eigenvalue weighted by Gasteiger charge is -2.05. The average Bonchev–Trinajstić information content (AvgIpc) is 2.50. The van der Waals surface area contributed by atoms with Crippen LogP contribution in [0, 0.1) is 31.0 Å². The molecule has 1 N–H and O–H groups in total. The second kappa shape index (κ2) is 6.68. The Bertz CT molecular complexity index is 771. The molecule has 0 heterocycles. The maximum Gasteiger partial charge on any atom is 0.266 e. The van der Waals surface area contributed by atoms with Crippen molar-refractivity contribution in [3.05, 3.63) is 70.5 Å². The van der Waals surface area contributed by atoms with Crippen molar-refractivity contribution in [3.8, 4) is 6.07 Å². The van der Waals surface area contributed by atoms with Gasteiger partial charge in [0, 0.05) is 5.69 Å². The number of anilines is 1. The van der Waals surface area contributed by atoms with Crippen LogP contribution in [0.15, 0.2) is 48.0 Å². The van der Waals surface area contributed by atoms with Crippen LogP contribution >= 0.6 is 0 Å². The predicted molar refractivity (Wildman–Crippen MR) is 84.5 cm³/mol. The first kappa shape index (κ1) is 15.5. The molecule has 0 saturated heterocycles. The second-order valence-corrected chi connectivity index (χ2v) is 5.00. The van der Waals surface area contributed by atoms with Gasteiger partial charge in [-0.05, 0) is 55.3 Å². The van der Waals surface area contributed by atoms with Crippen LogP contribution in [0.3, 0.4) is 0 Å². The first-order valence-corrected chi connectivity index (χ1v) is 6.75. The molecule has 3 nitrogen and oxygen atoms in total. The summed E-state index contributed by atoms with van der Waals surface area (Å²) >= 11 is 0. The first-order chi connectivity index (χ1) is 10.5. The van der Waals surface area contributed by atoms with Gasteiger partial charge in [-0.3, -0.25) is 4.79 Å². The average molecular weight is 294 g/mol. The van der Waals surface area contributed by atoms with Gasteiger partial charge in [0.1, 0.15) is 17.5 Å². The lowest BCUT2D eigenvalue weighted by atomic mass is 10.1. The summed E-state index contributed by atoms with van der Waals surface area (Å²) in [6.45, 7) is 3.58. The Kier molecular flexibility index (Phi) is 4.70. The first-order valence-electron chi connectivity index (χ1n) is 6.75. The highest BCUT2D eigenvalue weighted by atomic mass is 19.1. The maximum atomic E-state index is 13.2. The lowest BCUT2D eigenvalue weighted by Crippen LogP contribution is -2.13. The van der Waals surface area contributed by atoms with Gasteiger partial charge < -0.3 is 5.32 Å². The van der Waals surface area contributed by atoms with E-state index in [4.69, 9.17) is 5.26 Å². The summed E-state index contributed by atoms with van der Waals surface area (Å²) in [5.74, 6) is -0.812. The number of nitriles is 1. The number of hydrogen-bond donors (Lipinski definition) is 1. The maximum absolute atomic E-state index is 13.2. The molecular formula is C18H15FN2O. The molecule has 0 atom stereocenters. The molecule has 0 spiro atoms. The molecule has 0 aliphatic heterocycles. The molecule has 0 aromatic heterocycles. The molecule has 2 rings (SSSR count). The van der Waals surface area contributed by atoms with E-state index in [1.54, 1.807) is 25.1 Å². The molecule has 0 bridgehead atoms. The van der Waals surface area contributed by atoms with E-state index < -0.39 is 5.91 Å². The molecule has 2 aromatic rings. The monoisotopic (exact) mass is 294 g/mol. The van der Waals surface area contributed by atoms with E-state index in [2.05, 4.69) is 5.32 Å². The molecule has 22 heavy (non-hydrogen) atoms. The molecule has 0 radical (unpaired) electrons. The van der Waals surface area contributed by atoms with Gasteiger partial charge in [0.25, 0.3) is 5.91 Å². The Morgan fingerprint density at radius 1 is 1.18 bits per heavy atom. The van der Waals surface area contributed by atoms with Crippen LogP contribution in [0.4, 0.5) is 10.1 Å². The highest BCUT2D eigenvalue weighted by Crippen LogP contribution is 2.14. The number of nitrogens with one attached hydrogen (secondary N) is 1. The van der Waals surface area contributed by atoms with Crippen LogP contribution in [0.2, 0.25) is 0 Å². The third-order valence-electron chi connectivity index (χ3n) is 3.17. The van der Waals surface area contributed by atoms with Gasteiger partial charge >= 0.3 is 0 Å². The molecule has 0 unspecified atom stereocenters.